The summed E-state index contributed by atoms with van der Waals surface area (Å²) < 4.78 is 4.75. The SMILES string of the molecule is C=C/C(NC)=C(\C=C)C1(C=O)CN(C=O)C1.COC(C)C. The number of carbonyl (C=O) groups is 2. The average molecular weight is 294 g/mol. The third kappa shape index (κ3) is 4.86. The van der Waals surface area contributed by atoms with Crippen molar-refractivity contribution in [2.24, 2.45) is 5.41 Å². The molecule has 1 aliphatic rings. The van der Waals surface area contributed by atoms with Crippen LogP contribution in [0, 0.1) is 5.41 Å². The number of likely N-dealkylation sites (N-methyl/N-ethyl adjacent to an activating group) is 1. The van der Waals surface area contributed by atoms with Crippen LogP contribution in [0.3, 0.4) is 0 Å². The molecule has 118 valence electrons. The van der Waals surface area contributed by atoms with Gasteiger partial charge in [0.2, 0.25) is 6.41 Å². The molecule has 0 spiro atoms. The number of allylic oxidation sites excluding steroid dienone is 2. The summed E-state index contributed by atoms with van der Waals surface area (Å²) >= 11 is 0. The van der Waals surface area contributed by atoms with Crippen LogP contribution < -0.4 is 5.32 Å². The number of carbonyl (C=O) groups excluding carboxylic acids is 2. The molecule has 1 amide bonds. The quantitative estimate of drug-likeness (QED) is 0.571. The Balaban J connectivity index is 0.000000690. The van der Waals surface area contributed by atoms with E-state index in [9.17, 15) is 9.59 Å². The predicted octanol–water partition coefficient (Wildman–Crippen LogP) is 1.53. The van der Waals surface area contributed by atoms with Gasteiger partial charge in [0.15, 0.2) is 0 Å². The molecule has 1 N–H and O–H groups in total. The van der Waals surface area contributed by atoms with Gasteiger partial charge in [-0.15, -0.1) is 0 Å². The maximum absolute atomic E-state index is 11.2. The van der Waals surface area contributed by atoms with E-state index in [1.165, 1.54) is 0 Å². The van der Waals surface area contributed by atoms with E-state index >= 15 is 0 Å². The number of methoxy groups -OCH3 is 1. The molecule has 0 unspecified atom stereocenters. The summed E-state index contributed by atoms with van der Waals surface area (Å²) in [6, 6.07) is 0. The first kappa shape index (κ1) is 19.1. The van der Waals surface area contributed by atoms with E-state index < -0.39 is 5.41 Å². The molecule has 1 rings (SSSR count). The molecule has 21 heavy (non-hydrogen) atoms. The maximum atomic E-state index is 11.2. The third-order valence-electron chi connectivity index (χ3n) is 3.32. The minimum atomic E-state index is -0.630. The van der Waals surface area contributed by atoms with E-state index in [1.54, 1.807) is 31.2 Å². The molecule has 5 nitrogen and oxygen atoms in total. The van der Waals surface area contributed by atoms with Crippen LogP contribution in [0.4, 0.5) is 0 Å². The summed E-state index contributed by atoms with van der Waals surface area (Å²) in [5.41, 5.74) is 0.931. The first-order chi connectivity index (χ1) is 9.94. The van der Waals surface area contributed by atoms with E-state index in [-0.39, 0.29) is 0 Å². The van der Waals surface area contributed by atoms with Crippen LogP contribution >= 0.6 is 0 Å². The lowest BCUT2D eigenvalue weighted by molar-refractivity contribution is -0.133. The molecule has 0 aromatic rings. The molecule has 0 aromatic heterocycles. The van der Waals surface area contributed by atoms with E-state index in [1.807, 2.05) is 13.8 Å². The summed E-state index contributed by atoms with van der Waals surface area (Å²) in [5.74, 6) is 0. The second kappa shape index (κ2) is 9.13. The van der Waals surface area contributed by atoms with E-state index in [0.717, 1.165) is 24.0 Å². The van der Waals surface area contributed by atoms with E-state index in [0.29, 0.717) is 19.2 Å². The molecule has 0 bridgehead atoms. The number of aldehydes is 1. The summed E-state index contributed by atoms with van der Waals surface area (Å²) in [5, 5.41) is 2.97. The number of amides is 1. The van der Waals surface area contributed by atoms with Gasteiger partial charge >= 0.3 is 0 Å². The van der Waals surface area contributed by atoms with Crippen LogP contribution in [0.2, 0.25) is 0 Å². The first-order valence-corrected chi connectivity index (χ1v) is 6.80. The summed E-state index contributed by atoms with van der Waals surface area (Å²) in [6.45, 7) is 12.2. The highest BCUT2D eigenvalue weighted by molar-refractivity contribution is 5.73. The van der Waals surface area contributed by atoms with Crippen molar-refractivity contribution in [1.29, 1.82) is 0 Å². The van der Waals surface area contributed by atoms with Gasteiger partial charge in [-0.2, -0.15) is 0 Å². The smallest absolute Gasteiger partial charge is 0.209 e. The molecule has 0 radical (unpaired) electrons. The van der Waals surface area contributed by atoms with Crippen molar-refractivity contribution in [1.82, 2.24) is 10.2 Å². The van der Waals surface area contributed by atoms with Crippen molar-refractivity contribution in [3.05, 3.63) is 36.6 Å². The van der Waals surface area contributed by atoms with Gasteiger partial charge < -0.3 is 19.7 Å². The number of rotatable bonds is 7. The zero-order valence-electron chi connectivity index (χ0n) is 13.4. The second-order valence-corrected chi connectivity index (χ2v) is 5.05. The summed E-state index contributed by atoms with van der Waals surface area (Å²) in [6.07, 6.45) is 5.30. The number of nitrogens with one attached hydrogen (secondary N) is 1. The van der Waals surface area contributed by atoms with Crippen molar-refractivity contribution in [2.45, 2.75) is 20.0 Å². The van der Waals surface area contributed by atoms with Crippen LogP contribution in [0.25, 0.3) is 0 Å². The lowest BCUT2D eigenvalue weighted by atomic mass is 9.73. The Morgan fingerprint density at radius 2 is 1.81 bits per heavy atom. The number of hydrogen-bond donors (Lipinski definition) is 1. The van der Waals surface area contributed by atoms with E-state index in [4.69, 9.17) is 4.74 Å². The van der Waals surface area contributed by atoms with Crippen molar-refractivity contribution < 1.29 is 14.3 Å². The van der Waals surface area contributed by atoms with Gasteiger partial charge in [0.25, 0.3) is 0 Å². The summed E-state index contributed by atoms with van der Waals surface area (Å²) in [4.78, 5) is 23.3. The molecule has 0 aromatic carbocycles. The molecule has 1 fully saturated rings. The van der Waals surface area contributed by atoms with Crippen LogP contribution in [0.15, 0.2) is 36.6 Å². The lowest BCUT2D eigenvalue weighted by Crippen LogP contribution is -2.57. The Morgan fingerprint density at radius 1 is 1.29 bits per heavy atom. The van der Waals surface area contributed by atoms with Crippen molar-refractivity contribution in [3.63, 3.8) is 0 Å². The number of likely N-dealkylation sites (tertiary alicyclic amines) is 1. The van der Waals surface area contributed by atoms with Gasteiger partial charge in [0.1, 0.15) is 6.29 Å². The van der Waals surface area contributed by atoms with Crippen LogP contribution in [-0.4, -0.2) is 50.9 Å². The van der Waals surface area contributed by atoms with Gasteiger partial charge in [-0.3, -0.25) is 4.79 Å². The zero-order chi connectivity index (χ0) is 16.5. The Hall–Kier alpha value is -1.88. The van der Waals surface area contributed by atoms with Crippen LogP contribution in [0.1, 0.15) is 13.8 Å². The Labute approximate surface area is 127 Å². The fraction of sp³-hybridized carbons (Fsp3) is 0.500. The highest BCUT2D eigenvalue weighted by atomic mass is 16.5. The summed E-state index contributed by atoms with van der Waals surface area (Å²) in [7, 11) is 3.46. The lowest BCUT2D eigenvalue weighted by Gasteiger charge is -2.46. The molecule has 0 aliphatic carbocycles. The highest BCUT2D eigenvalue weighted by Crippen LogP contribution is 2.37. The first-order valence-electron chi connectivity index (χ1n) is 6.80. The fourth-order valence-corrected chi connectivity index (χ4v) is 1.99. The second-order valence-electron chi connectivity index (χ2n) is 5.05. The van der Waals surface area contributed by atoms with E-state index in [2.05, 4.69) is 18.5 Å². The fourth-order valence-electron chi connectivity index (χ4n) is 1.99. The number of nitrogens with zero attached hydrogens (tertiary/aromatic N) is 1. The van der Waals surface area contributed by atoms with Gasteiger partial charge in [0, 0.05) is 32.9 Å². The molecule has 0 saturated carbocycles. The minimum absolute atomic E-state index is 0.384. The van der Waals surface area contributed by atoms with Crippen molar-refractivity contribution in [3.8, 4) is 0 Å². The molecule has 1 heterocycles. The molecular weight excluding hydrogens is 268 g/mol. The number of hydrogen-bond acceptors (Lipinski definition) is 4. The van der Waals surface area contributed by atoms with Crippen molar-refractivity contribution in [2.75, 3.05) is 27.2 Å². The largest absolute Gasteiger partial charge is 0.388 e. The third-order valence-corrected chi connectivity index (χ3v) is 3.32. The van der Waals surface area contributed by atoms with Gasteiger partial charge in [-0.05, 0) is 25.5 Å². The Morgan fingerprint density at radius 3 is 2.05 bits per heavy atom. The van der Waals surface area contributed by atoms with Crippen LogP contribution in [0.5, 0.6) is 0 Å². The van der Waals surface area contributed by atoms with Gasteiger partial charge in [-0.25, -0.2) is 0 Å². The number of ether oxygens (including phenoxy) is 1. The normalized spacial score (nSPS) is 16.7. The topological polar surface area (TPSA) is 58.6 Å². The standard InChI is InChI=1S/C12H16N2O2.C4H10O/c1-4-10(11(5-2)13-3)12(8-15)6-14(7-12)9-16;1-4(2)5-3/h4-5,8-9,13H,1-2,6-7H2,3H3;4H,1-3H3/b11-10-;. The molecule has 0 atom stereocenters. The molecular formula is C16H26N2O3. The zero-order valence-corrected chi connectivity index (χ0v) is 13.4. The van der Waals surface area contributed by atoms with Gasteiger partial charge in [0.05, 0.1) is 11.5 Å². The minimum Gasteiger partial charge on any atom is -0.388 e. The Kier molecular flexibility index (Phi) is 8.31. The van der Waals surface area contributed by atoms with Crippen LogP contribution in [-0.2, 0) is 14.3 Å². The molecule has 1 saturated heterocycles. The molecule has 1 aliphatic heterocycles. The average Bonchev–Trinajstić information content (AvgIpc) is 2.46. The predicted molar refractivity (Wildman–Crippen MR) is 84.8 cm³/mol. The van der Waals surface area contributed by atoms with Gasteiger partial charge in [-0.1, -0.05) is 19.2 Å². The Bertz CT molecular complexity index is 408. The highest BCUT2D eigenvalue weighted by Gasteiger charge is 2.45. The molecule has 5 heteroatoms. The van der Waals surface area contributed by atoms with Crippen molar-refractivity contribution >= 4 is 12.7 Å². The maximum Gasteiger partial charge on any atom is 0.209 e. The monoisotopic (exact) mass is 294 g/mol.